The van der Waals surface area contributed by atoms with Crippen LogP contribution in [-0.4, -0.2) is 33.7 Å². The van der Waals surface area contributed by atoms with Gasteiger partial charge in [0.25, 0.3) is 0 Å². The first-order chi connectivity index (χ1) is 6.74. The Kier molecular flexibility index (Phi) is 5.25. The summed E-state index contributed by atoms with van der Waals surface area (Å²) in [6.07, 6.45) is 0.981. The Morgan fingerprint density at radius 3 is 3.00 bits per heavy atom. The Morgan fingerprint density at radius 1 is 1.57 bits per heavy atom. The van der Waals surface area contributed by atoms with Crippen LogP contribution in [0.2, 0.25) is 5.15 Å². The highest BCUT2D eigenvalue weighted by Crippen LogP contribution is 2.18. The number of pyridine rings is 1. The largest absolute Gasteiger partial charge is 0.394 e. The van der Waals surface area contributed by atoms with E-state index in [1.54, 1.807) is 6.20 Å². The van der Waals surface area contributed by atoms with E-state index < -0.39 is 6.10 Å². The van der Waals surface area contributed by atoms with Crippen LogP contribution in [0.15, 0.2) is 18.3 Å². The molecule has 3 nitrogen and oxygen atoms in total. The molecule has 1 aromatic heterocycles. The summed E-state index contributed by atoms with van der Waals surface area (Å²) in [5, 5.41) is 18.2. The van der Waals surface area contributed by atoms with E-state index in [0.717, 1.165) is 5.56 Å². The van der Waals surface area contributed by atoms with Gasteiger partial charge in [0.15, 0.2) is 0 Å². The van der Waals surface area contributed by atoms with Crippen molar-refractivity contribution >= 4 is 23.4 Å². The van der Waals surface area contributed by atoms with E-state index in [0.29, 0.717) is 16.7 Å². The highest BCUT2D eigenvalue weighted by Gasteiger charge is 2.04. The molecule has 0 aliphatic heterocycles. The fourth-order valence-corrected chi connectivity index (χ4v) is 2.10. The van der Waals surface area contributed by atoms with Crippen molar-refractivity contribution < 1.29 is 10.2 Å². The Labute approximate surface area is 92.1 Å². The van der Waals surface area contributed by atoms with E-state index in [2.05, 4.69) is 4.98 Å². The van der Waals surface area contributed by atoms with E-state index in [4.69, 9.17) is 21.8 Å². The van der Waals surface area contributed by atoms with Crippen LogP contribution >= 0.6 is 23.4 Å². The minimum Gasteiger partial charge on any atom is -0.394 e. The number of nitrogens with zero attached hydrogens (tertiary/aromatic N) is 1. The maximum Gasteiger partial charge on any atom is 0.133 e. The molecule has 0 amide bonds. The number of aromatic nitrogens is 1. The van der Waals surface area contributed by atoms with Crippen LogP contribution in [0.25, 0.3) is 0 Å². The number of halogens is 1. The van der Waals surface area contributed by atoms with E-state index in [1.807, 2.05) is 12.1 Å². The van der Waals surface area contributed by atoms with Gasteiger partial charge in [-0.3, -0.25) is 0 Å². The molecular weight excluding hydrogens is 222 g/mol. The van der Waals surface area contributed by atoms with Crippen LogP contribution in [0.4, 0.5) is 0 Å². The van der Waals surface area contributed by atoms with Gasteiger partial charge in [-0.15, -0.1) is 0 Å². The second-order valence-electron chi connectivity index (χ2n) is 2.80. The fourth-order valence-electron chi connectivity index (χ4n) is 0.885. The number of aliphatic hydroxyl groups excluding tert-OH is 2. The molecule has 0 saturated carbocycles. The number of hydrogen-bond donors (Lipinski definition) is 2. The topological polar surface area (TPSA) is 53.4 Å². The van der Waals surface area contributed by atoms with Crippen LogP contribution in [0.5, 0.6) is 0 Å². The molecule has 1 unspecified atom stereocenters. The lowest BCUT2D eigenvalue weighted by Gasteiger charge is -2.06. The molecule has 0 saturated heterocycles. The predicted molar refractivity (Wildman–Crippen MR) is 58.5 cm³/mol. The van der Waals surface area contributed by atoms with Gasteiger partial charge in [-0.1, -0.05) is 17.7 Å². The van der Waals surface area contributed by atoms with Crippen LogP contribution in [0.3, 0.4) is 0 Å². The van der Waals surface area contributed by atoms with Crippen molar-refractivity contribution in [1.29, 1.82) is 0 Å². The Hall–Kier alpha value is -0.290. The maximum atomic E-state index is 9.09. The molecule has 0 bridgehead atoms. The maximum absolute atomic E-state index is 9.09. The van der Waals surface area contributed by atoms with Gasteiger partial charge in [-0.25, -0.2) is 4.98 Å². The number of rotatable bonds is 5. The molecule has 0 aliphatic carbocycles. The average Bonchev–Trinajstić information content (AvgIpc) is 2.20. The summed E-state index contributed by atoms with van der Waals surface area (Å²) < 4.78 is 0. The summed E-state index contributed by atoms with van der Waals surface area (Å²) in [5.74, 6) is 1.20. The summed E-state index contributed by atoms with van der Waals surface area (Å²) in [4.78, 5) is 3.94. The second kappa shape index (κ2) is 6.24. The Balaban J connectivity index is 2.35. The molecule has 1 rings (SSSR count). The minimum atomic E-state index is -0.657. The summed E-state index contributed by atoms with van der Waals surface area (Å²) in [6, 6.07) is 3.72. The molecule has 0 fully saturated rings. The van der Waals surface area contributed by atoms with E-state index in [-0.39, 0.29) is 6.61 Å². The highest BCUT2D eigenvalue weighted by atomic mass is 35.5. The van der Waals surface area contributed by atoms with Gasteiger partial charge in [-0.05, 0) is 11.6 Å². The van der Waals surface area contributed by atoms with Crippen LogP contribution in [-0.2, 0) is 5.75 Å². The molecule has 5 heteroatoms. The van der Waals surface area contributed by atoms with Crippen molar-refractivity contribution in [3.8, 4) is 0 Å². The van der Waals surface area contributed by atoms with Crippen molar-refractivity contribution in [2.24, 2.45) is 0 Å². The van der Waals surface area contributed by atoms with E-state index in [1.165, 1.54) is 11.8 Å². The molecule has 14 heavy (non-hydrogen) atoms. The summed E-state index contributed by atoms with van der Waals surface area (Å²) >= 11 is 7.36. The SMILES string of the molecule is OCC(O)CSCc1cccnc1Cl. The van der Waals surface area contributed by atoms with Gasteiger partial charge in [0.05, 0.1) is 12.7 Å². The summed E-state index contributed by atoms with van der Waals surface area (Å²) in [6.45, 7) is -0.201. The van der Waals surface area contributed by atoms with Crippen molar-refractivity contribution in [2.45, 2.75) is 11.9 Å². The average molecular weight is 234 g/mol. The van der Waals surface area contributed by atoms with Crippen LogP contribution in [0.1, 0.15) is 5.56 Å². The van der Waals surface area contributed by atoms with E-state index in [9.17, 15) is 0 Å². The van der Waals surface area contributed by atoms with Gasteiger partial charge < -0.3 is 10.2 Å². The van der Waals surface area contributed by atoms with Gasteiger partial charge in [0, 0.05) is 17.7 Å². The van der Waals surface area contributed by atoms with Crippen molar-refractivity contribution in [1.82, 2.24) is 4.98 Å². The van der Waals surface area contributed by atoms with E-state index >= 15 is 0 Å². The van der Waals surface area contributed by atoms with Crippen molar-refractivity contribution in [2.75, 3.05) is 12.4 Å². The highest BCUT2D eigenvalue weighted by molar-refractivity contribution is 7.98. The molecule has 0 radical (unpaired) electrons. The van der Waals surface area contributed by atoms with Gasteiger partial charge in [0.1, 0.15) is 5.15 Å². The number of aliphatic hydroxyl groups is 2. The molecule has 0 spiro atoms. The lowest BCUT2D eigenvalue weighted by Crippen LogP contribution is -2.14. The summed E-state index contributed by atoms with van der Waals surface area (Å²) in [7, 11) is 0. The van der Waals surface area contributed by atoms with Gasteiger partial charge in [0.2, 0.25) is 0 Å². The molecular formula is C9H12ClNO2S. The van der Waals surface area contributed by atoms with Crippen LogP contribution in [0, 0.1) is 0 Å². The van der Waals surface area contributed by atoms with Crippen molar-refractivity contribution in [3.63, 3.8) is 0 Å². The first-order valence-electron chi connectivity index (χ1n) is 4.20. The molecule has 1 aromatic rings. The van der Waals surface area contributed by atoms with Crippen LogP contribution < -0.4 is 0 Å². The second-order valence-corrected chi connectivity index (χ2v) is 4.19. The third kappa shape index (κ3) is 3.84. The van der Waals surface area contributed by atoms with Crippen molar-refractivity contribution in [3.05, 3.63) is 29.0 Å². The lowest BCUT2D eigenvalue weighted by atomic mass is 10.3. The Morgan fingerprint density at radius 2 is 2.36 bits per heavy atom. The standard InChI is InChI=1S/C9H12ClNO2S/c10-9-7(2-1-3-11-9)5-14-6-8(13)4-12/h1-3,8,12-13H,4-6H2. The zero-order chi connectivity index (χ0) is 10.4. The predicted octanol–water partition coefficient (Wildman–Crippen LogP) is 1.32. The molecule has 0 aromatic carbocycles. The normalized spacial score (nSPS) is 12.8. The monoisotopic (exact) mass is 233 g/mol. The number of thioether (sulfide) groups is 1. The summed E-state index contributed by atoms with van der Waals surface area (Å²) in [5.41, 5.74) is 0.948. The first-order valence-corrected chi connectivity index (χ1v) is 5.73. The minimum absolute atomic E-state index is 0.201. The molecule has 78 valence electrons. The zero-order valence-electron chi connectivity index (χ0n) is 7.56. The lowest BCUT2D eigenvalue weighted by molar-refractivity contribution is 0.113. The quantitative estimate of drug-likeness (QED) is 0.754. The Bertz CT molecular complexity index is 285. The zero-order valence-corrected chi connectivity index (χ0v) is 9.13. The molecule has 1 atom stereocenters. The fraction of sp³-hybridized carbons (Fsp3) is 0.444. The molecule has 0 aliphatic rings. The van der Waals surface area contributed by atoms with Gasteiger partial charge >= 0.3 is 0 Å². The molecule has 1 heterocycles. The third-order valence-electron chi connectivity index (χ3n) is 1.61. The van der Waals surface area contributed by atoms with Gasteiger partial charge in [-0.2, -0.15) is 11.8 Å². The third-order valence-corrected chi connectivity index (χ3v) is 3.09. The first kappa shape index (κ1) is 11.8. The number of hydrogen-bond acceptors (Lipinski definition) is 4. The smallest absolute Gasteiger partial charge is 0.133 e. The molecule has 2 N–H and O–H groups in total.